The highest BCUT2D eigenvalue weighted by atomic mass is 16.4. The van der Waals surface area contributed by atoms with E-state index in [1.54, 1.807) is 11.0 Å². The lowest BCUT2D eigenvalue weighted by Gasteiger charge is -2.45. The fourth-order valence-electron chi connectivity index (χ4n) is 6.38. The Morgan fingerprint density at radius 2 is 1.55 bits per heavy atom. The van der Waals surface area contributed by atoms with Crippen molar-refractivity contribution in [2.45, 2.75) is 51.1 Å². The van der Waals surface area contributed by atoms with Crippen molar-refractivity contribution in [2.75, 3.05) is 19.6 Å². The Bertz CT molecular complexity index is 1540. The van der Waals surface area contributed by atoms with Crippen LogP contribution in [0.4, 0.5) is 0 Å². The maximum atomic E-state index is 13.9. The first-order valence-electron chi connectivity index (χ1n) is 15.5. The molecular weight excluding hydrogens is 548 g/mol. The first-order valence-corrected chi connectivity index (χ1v) is 15.5. The summed E-state index contributed by atoms with van der Waals surface area (Å²) in [6.45, 7) is 6.93. The molecule has 0 saturated carbocycles. The quantitative estimate of drug-likeness (QED) is 0.201. The Morgan fingerprint density at radius 3 is 2.18 bits per heavy atom. The molecule has 6 nitrogen and oxygen atoms in total. The molecule has 0 aliphatic carbocycles. The van der Waals surface area contributed by atoms with Gasteiger partial charge < -0.3 is 20.0 Å². The van der Waals surface area contributed by atoms with E-state index in [-0.39, 0.29) is 36.5 Å². The molecule has 2 N–H and O–H groups in total. The minimum atomic E-state index is -1.00. The van der Waals surface area contributed by atoms with Gasteiger partial charge in [-0.05, 0) is 64.2 Å². The number of aliphatic carboxylic acids is 1. The van der Waals surface area contributed by atoms with Gasteiger partial charge in [0.15, 0.2) is 0 Å². The van der Waals surface area contributed by atoms with Gasteiger partial charge in [-0.1, -0.05) is 111 Å². The summed E-state index contributed by atoms with van der Waals surface area (Å²) in [5.74, 6) is -0.564. The van der Waals surface area contributed by atoms with Gasteiger partial charge in [0, 0.05) is 32.5 Å². The summed E-state index contributed by atoms with van der Waals surface area (Å²) in [5, 5.41) is 20.4. The lowest BCUT2D eigenvalue weighted by atomic mass is 9.68. The lowest BCUT2D eigenvalue weighted by Crippen LogP contribution is -2.49. The summed E-state index contributed by atoms with van der Waals surface area (Å²) in [6.07, 6.45) is 1.40. The van der Waals surface area contributed by atoms with Crippen LogP contribution in [-0.2, 0) is 28.0 Å². The first kappa shape index (κ1) is 31.0. The average molecular weight is 591 g/mol. The third-order valence-corrected chi connectivity index (χ3v) is 9.38. The third kappa shape index (κ3) is 7.37. The molecule has 1 saturated heterocycles. The smallest absolute Gasteiger partial charge is 0.326 e. The molecule has 0 unspecified atom stereocenters. The number of nitrogens with zero attached hydrogens (tertiary/aromatic N) is 2. The molecule has 1 heterocycles. The summed E-state index contributed by atoms with van der Waals surface area (Å²) >= 11 is 0. The summed E-state index contributed by atoms with van der Waals surface area (Å²) < 4.78 is 0. The zero-order chi connectivity index (χ0) is 31.1. The zero-order valence-corrected chi connectivity index (χ0v) is 25.6. The second-order valence-corrected chi connectivity index (χ2v) is 12.3. The van der Waals surface area contributed by atoms with E-state index in [0.29, 0.717) is 12.5 Å². The molecule has 0 bridgehead atoms. The maximum absolute atomic E-state index is 13.9. The van der Waals surface area contributed by atoms with Gasteiger partial charge >= 0.3 is 5.97 Å². The van der Waals surface area contributed by atoms with Gasteiger partial charge in [-0.25, -0.2) is 4.79 Å². The van der Waals surface area contributed by atoms with Gasteiger partial charge in [0.2, 0.25) is 5.91 Å². The molecule has 0 radical (unpaired) electrons. The predicted octanol–water partition coefficient (Wildman–Crippen LogP) is 6.77. The highest BCUT2D eigenvalue weighted by Crippen LogP contribution is 2.40. The molecule has 44 heavy (non-hydrogen) atoms. The standard InChI is InChI=1S/C38H42N2O4/c1-28-26-39(23-21-38(28,2)33-14-9-15-34(41)25-33)22-20-36(42)40(35(37(43)44)24-29-10-5-3-6-11-29)27-30-16-18-32(19-17-30)31-12-7-4-8-13-31/h3-19,25,28,35,41H,20-24,26-27H2,1-2H3,(H,43,44)/t28-,35-,38+/m0/s1. The van der Waals surface area contributed by atoms with Crippen molar-refractivity contribution in [3.63, 3.8) is 0 Å². The molecule has 4 aromatic rings. The number of carbonyl (C=O) groups excluding carboxylic acids is 1. The van der Waals surface area contributed by atoms with E-state index in [1.165, 1.54) is 0 Å². The second kappa shape index (κ2) is 13.9. The Balaban J connectivity index is 1.30. The summed E-state index contributed by atoms with van der Waals surface area (Å²) in [4.78, 5) is 30.4. The van der Waals surface area contributed by atoms with Crippen LogP contribution in [0.15, 0.2) is 109 Å². The summed E-state index contributed by atoms with van der Waals surface area (Å²) in [7, 11) is 0. The first-order chi connectivity index (χ1) is 21.2. The molecule has 3 atom stereocenters. The van der Waals surface area contributed by atoms with Crippen molar-refractivity contribution in [3.05, 3.63) is 126 Å². The summed E-state index contributed by atoms with van der Waals surface area (Å²) in [6, 6.07) is 34.2. The van der Waals surface area contributed by atoms with Gasteiger partial charge in [0.25, 0.3) is 0 Å². The van der Waals surface area contributed by atoms with Crippen molar-refractivity contribution in [1.82, 2.24) is 9.80 Å². The number of phenolic OH excluding ortho intramolecular Hbond substituents is 1. The molecule has 6 heteroatoms. The fourth-order valence-corrected chi connectivity index (χ4v) is 6.38. The van der Waals surface area contributed by atoms with Crippen molar-refractivity contribution in [1.29, 1.82) is 0 Å². The molecule has 4 aromatic carbocycles. The van der Waals surface area contributed by atoms with Crippen LogP contribution in [0.25, 0.3) is 11.1 Å². The minimum Gasteiger partial charge on any atom is -0.508 e. The van der Waals surface area contributed by atoms with Crippen molar-refractivity contribution < 1.29 is 19.8 Å². The number of benzene rings is 4. The number of hydrogen-bond acceptors (Lipinski definition) is 4. The lowest BCUT2D eigenvalue weighted by molar-refractivity contribution is -0.151. The molecule has 1 fully saturated rings. The number of piperidine rings is 1. The number of aromatic hydroxyl groups is 1. The number of carboxylic acid groups (broad SMARTS) is 1. The highest BCUT2D eigenvalue weighted by Gasteiger charge is 2.38. The van der Waals surface area contributed by atoms with E-state index in [9.17, 15) is 19.8 Å². The van der Waals surface area contributed by atoms with Crippen molar-refractivity contribution in [3.8, 4) is 16.9 Å². The zero-order valence-electron chi connectivity index (χ0n) is 25.6. The molecule has 0 spiro atoms. The Morgan fingerprint density at radius 1 is 0.886 bits per heavy atom. The minimum absolute atomic E-state index is 0.0682. The van der Waals surface area contributed by atoms with E-state index in [4.69, 9.17) is 0 Å². The highest BCUT2D eigenvalue weighted by molar-refractivity contribution is 5.84. The van der Waals surface area contributed by atoms with Crippen LogP contribution in [0.3, 0.4) is 0 Å². The normalized spacial score (nSPS) is 19.3. The Kier molecular flexibility index (Phi) is 9.81. The van der Waals surface area contributed by atoms with Crippen LogP contribution in [0.1, 0.15) is 43.4 Å². The van der Waals surface area contributed by atoms with E-state index < -0.39 is 12.0 Å². The molecular formula is C38H42N2O4. The van der Waals surface area contributed by atoms with Gasteiger partial charge in [-0.15, -0.1) is 0 Å². The van der Waals surface area contributed by atoms with E-state index in [0.717, 1.165) is 47.3 Å². The van der Waals surface area contributed by atoms with Gasteiger partial charge in [0.1, 0.15) is 11.8 Å². The van der Waals surface area contributed by atoms with E-state index in [1.807, 2.05) is 84.9 Å². The average Bonchev–Trinajstić information content (AvgIpc) is 3.04. The number of amides is 1. The predicted molar refractivity (Wildman–Crippen MR) is 174 cm³/mol. The van der Waals surface area contributed by atoms with Crippen LogP contribution < -0.4 is 0 Å². The van der Waals surface area contributed by atoms with Crippen molar-refractivity contribution >= 4 is 11.9 Å². The van der Waals surface area contributed by atoms with Crippen LogP contribution in [-0.4, -0.2) is 57.6 Å². The van der Waals surface area contributed by atoms with Crippen LogP contribution in [0, 0.1) is 5.92 Å². The second-order valence-electron chi connectivity index (χ2n) is 12.3. The Labute approximate surface area is 260 Å². The third-order valence-electron chi connectivity index (χ3n) is 9.38. The van der Waals surface area contributed by atoms with Gasteiger partial charge in [-0.3, -0.25) is 4.79 Å². The van der Waals surface area contributed by atoms with Crippen LogP contribution >= 0.6 is 0 Å². The molecule has 228 valence electrons. The number of phenols is 1. The topological polar surface area (TPSA) is 81.1 Å². The summed E-state index contributed by atoms with van der Waals surface area (Å²) in [5.41, 5.74) is 5.02. The number of likely N-dealkylation sites (tertiary alicyclic amines) is 1. The number of carbonyl (C=O) groups is 2. The monoisotopic (exact) mass is 590 g/mol. The Hall–Kier alpha value is -4.42. The number of rotatable bonds is 11. The fraction of sp³-hybridized carbons (Fsp3) is 0.316. The molecule has 5 rings (SSSR count). The number of carboxylic acids is 1. The largest absolute Gasteiger partial charge is 0.508 e. The van der Waals surface area contributed by atoms with Gasteiger partial charge in [0.05, 0.1) is 0 Å². The SMILES string of the molecule is C[C@H]1CN(CCC(=O)N(Cc2ccc(-c3ccccc3)cc2)[C@@H](Cc2ccccc2)C(=O)O)CC[C@@]1(C)c1cccc(O)c1. The molecule has 1 aliphatic heterocycles. The molecule has 0 aromatic heterocycles. The molecule has 1 aliphatic rings. The molecule has 1 amide bonds. The number of hydrogen-bond donors (Lipinski definition) is 2. The van der Waals surface area contributed by atoms with Gasteiger partial charge in [-0.2, -0.15) is 0 Å². The van der Waals surface area contributed by atoms with E-state index >= 15 is 0 Å². The van der Waals surface area contributed by atoms with Crippen molar-refractivity contribution in [2.24, 2.45) is 5.92 Å². The van der Waals surface area contributed by atoms with Crippen LogP contribution in [0.2, 0.25) is 0 Å². The van der Waals surface area contributed by atoms with Crippen LogP contribution in [0.5, 0.6) is 5.75 Å². The van der Waals surface area contributed by atoms with E-state index in [2.05, 4.69) is 36.9 Å². The maximum Gasteiger partial charge on any atom is 0.326 e.